The molecule has 3 fully saturated rings. The van der Waals surface area contributed by atoms with Gasteiger partial charge in [-0.05, 0) is 43.9 Å². The molecule has 2 aliphatic carbocycles. The van der Waals surface area contributed by atoms with Gasteiger partial charge in [-0.2, -0.15) is 0 Å². The first-order valence-electron chi connectivity index (χ1n) is 7.23. The first kappa shape index (κ1) is 11.5. The summed E-state index contributed by atoms with van der Waals surface area (Å²) in [6.45, 7) is 3.20. The van der Waals surface area contributed by atoms with Gasteiger partial charge < -0.3 is 10.6 Å². The third-order valence-corrected chi connectivity index (χ3v) is 5.37. The second-order valence-electron chi connectivity index (χ2n) is 6.38. The molecule has 0 spiro atoms. The lowest BCUT2D eigenvalue weighted by Gasteiger charge is -2.37. The predicted molar refractivity (Wildman–Crippen MR) is 67.3 cm³/mol. The van der Waals surface area contributed by atoms with Gasteiger partial charge in [-0.3, -0.25) is 4.79 Å². The van der Waals surface area contributed by atoms with Gasteiger partial charge in [-0.15, -0.1) is 0 Å². The predicted octanol–water partition coefficient (Wildman–Crippen LogP) is 1.76. The van der Waals surface area contributed by atoms with Crippen molar-refractivity contribution in [3.63, 3.8) is 0 Å². The Kier molecular flexibility index (Phi) is 2.89. The molecule has 96 valence electrons. The van der Waals surface area contributed by atoms with Crippen LogP contribution in [0.1, 0.15) is 45.4 Å². The second-order valence-corrected chi connectivity index (χ2v) is 6.38. The van der Waals surface area contributed by atoms with E-state index in [4.69, 9.17) is 5.73 Å². The van der Waals surface area contributed by atoms with Crippen molar-refractivity contribution in [1.29, 1.82) is 0 Å². The maximum atomic E-state index is 12.6. The molecule has 0 aromatic rings. The Morgan fingerprint density at radius 2 is 2.06 bits per heavy atom. The van der Waals surface area contributed by atoms with Crippen LogP contribution in [0.15, 0.2) is 0 Å². The zero-order valence-electron chi connectivity index (χ0n) is 10.8. The second kappa shape index (κ2) is 4.27. The number of nitrogens with two attached hydrogens (primary N) is 1. The fourth-order valence-electron chi connectivity index (χ4n) is 4.15. The molecule has 1 amide bonds. The van der Waals surface area contributed by atoms with E-state index in [9.17, 15) is 4.79 Å². The number of fused-ring (bicyclic) bond motifs is 2. The highest BCUT2D eigenvalue weighted by Gasteiger charge is 2.44. The summed E-state index contributed by atoms with van der Waals surface area (Å²) in [7, 11) is 0. The first-order chi connectivity index (χ1) is 8.16. The molecule has 5 atom stereocenters. The summed E-state index contributed by atoms with van der Waals surface area (Å²) in [6, 6.07) is 0.801. The van der Waals surface area contributed by atoms with Crippen molar-refractivity contribution >= 4 is 5.91 Å². The van der Waals surface area contributed by atoms with E-state index in [1.54, 1.807) is 0 Å². The molecule has 2 N–H and O–H groups in total. The minimum atomic E-state index is 0.207. The highest BCUT2D eigenvalue weighted by Crippen LogP contribution is 2.40. The molecular weight excluding hydrogens is 212 g/mol. The highest BCUT2D eigenvalue weighted by atomic mass is 16.2. The summed E-state index contributed by atoms with van der Waals surface area (Å²) in [6.07, 6.45) is 7.12. The fraction of sp³-hybridized carbons (Fsp3) is 0.929. The number of carbonyl (C=O) groups excluding carboxylic acids is 1. The summed E-state index contributed by atoms with van der Waals surface area (Å²) < 4.78 is 0. The molecule has 1 heterocycles. The Morgan fingerprint density at radius 3 is 2.71 bits per heavy atom. The number of likely N-dealkylation sites (tertiary alicyclic amines) is 1. The van der Waals surface area contributed by atoms with Gasteiger partial charge in [-0.25, -0.2) is 0 Å². The van der Waals surface area contributed by atoms with E-state index in [1.165, 1.54) is 19.3 Å². The Hall–Kier alpha value is -0.570. The smallest absolute Gasteiger partial charge is 0.226 e. The number of carbonyl (C=O) groups is 1. The van der Waals surface area contributed by atoms with Crippen LogP contribution in [0.4, 0.5) is 0 Å². The number of hydrogen-bond acceptors (Lipinski definition) is 2. The molecule has 17 heavy (non-hydrogen) atoms. The van der Waals surface area contributed by atoms with Crippen LogP contribution in [-0.2, 0) is 4.79 Å². The monoisotopic (exact) mass is 236 g/mol. The van der Waals surface area contributed by atoms with Crippen molar-refractivity contribution in [2.24, 2.45) is 23.5 Å². The standard InChI is InChI=1S/C14H24N2O/c1-9-12(3-2-4-13(9)15)14(17)16-8-10-5-6-11(16)7-10/h9-13H,2-8,15H2,1H3. The molecule has 3 aliphatic rings. The van der Waals surface area contributed by atoms with Crippen molar-refractivity contribution in [3.8, 4) is 0 Å². The van der Waals surface area contributed by atoms with Crippen molar-refractivity contribution < 1.29 is 4.79 Å². The lowest BCUT2D eigenvalue weighted by molar-refractivity contribution is -0.140. The summed E-state index contributed by atoms with van der Waals surface area (Å²) in [5.41, 5.74) is 6.11. The summed E-state index contributed by atoms with van der Waals surface area (Å²) in [5, 5.41) is 0. The minimum absolute atomic E-state index is 0.207. The average Bonchev–Trinajstić information content (AvgIpc) is 2.94. The number of hydrogen-bond donors (Lipinski definition) is 1. The maximum absolute atomic E-state index is 12.6. The van der Waals surface area contributed by atoms with E-state index in [0.29, 0.717) is 17.9 Å². The zero-order chi connectivity index (χ0) is 12.0. The van der Waals surface area contributed by atoms with Gasteiger partial charge in [0, 0.05) is 24.5 Å². The lowest BCUT2D eigenvalue weighted by Crippen LogP contribution is -2.48. The molecule has 0 aromatic carbocycles. The van der Waals surface area contributed by atoms with E-state index in [2.05, 4.69) is 11.8 Å². The minimum Gasteiger partial charge on any atom is -0.339 e. The number of rotatable bonds is 1. The topological polar surface area (TPSA) is 46.3 Å². The lowest BCUT2D eigenvalue weighted by atomic mass is 9.76. The van der Waals surface area contributed by atoms with E-state index in [-0.39, 0.29) is 12.0 Å². The molecule has 2 saturated carbocycles. The molecule has 3 heteroatoms. The summed E-state index contributed by atoms with van der Waals surface area (Å²) in [5.74, 6) is 1.80. The fourth-order valence-corrected chi connectivity index (χ4v) is 4.15. The third kappa shape index (κ3) is 1.88. The quantitative estimate of drug-likeness (QED) is 0.754. The van der Waals surface area contributed by atoms with Crippen molar-refractivity contribution in [3.05, 3.63) is 0 Å². The molecule has 1 saturated heterocycles. The molecule has 5 unspecified atom stereocenters. The third-order valence-electron chi connectivity index (χ3n) is 5.37. The largest absolute Gasteiger partial charge is 0.339 e. The molecule has 3 rings (SSSR count). The Bertz CT molecular complexity index is 317. The van der Waals surface area contributed by atoms with Gasteiger partial charge in [0.05, 0.1) is 0 Å². The zero-order valence-corrected chi connectivity index (χ0v) is 10.8. The van der Waals surface area contributed by atoms with Crippen LogP contribution < -0.4 is 5.73 Å². The average molecular weight is 236 g/mol. The molecule has 1 aliphatic heterocycles. The molecular formula is C14H24N2O. The van der Waals surface area contributed by atoms with Crippen molar-refractivity contribution in [1.82, 2.24) is 4.90 Å². The molecule has 2 bridgehead atoms. The van der Waals surface area contributed by atoms with Crippen LogP contribution in [-0.4, -0.2) is 29.4 Å². The van der Waals surface area contributed by atoms with Crippen LogP contribution in [0.5, 0.6) is 0 Å². The van der Waals surface area contributed by atoms with Gasteiger partial charge in [0.1, 0.15) is 0 Å². The highest BCUT2D eigenvalue weighted by molar-refractivity contribution is 5.80. The molecule has 3 nitrogen and oxygen atoms in total. The van der Waals surface area contributed by atoms with Crippen LogP contribution >= 0.6 is 0 Å². The normalized spacial score (nSPS) is 45.3. The molecule has 0 aromatic heterocycles. The van der Waals surface area contributed by atoms with E-state index in [0.717, 1.165) is 31.7 Å². The Labute approximate surface area is 104 Å². The van der Waals surface area contributed by atoms with Crippen molar-refractivity contribution in [2.75, 3.05) is 6.54 Å². The number of piperidine rings is 1. The van der Waals surface area contributed by atoms with Gasteiger partial charge in [0.2, 0.25) is 5.91 Å². The van der Waals surface area contributed by atoms with Gasteiger partial charge >= 0.3 is 0 Å². The van der Waals surface area contributed by atoms with Crippen LogP contribution in [0.25, 0.3) is 0 Å². The summed E-state index contributed by atoms with van der Waals surface area (Å²) in [4.78, 5) is 14.8. The first-order valence-corrected chi connectivity index (χ1v) is 7.23. The van der Waals surface area contributed by atoms with Crippen LogP contribution in [0.2, 0.25) is 0 Å². The Morgan fingerprint density at radius 1 is 1.24 bits per heavy atom. The van der Waals surface area contributed by atoms with Crippen LogP contribution in [0.3, 0.4) is 0 Å². The van der Waals surface area contributed by atoms with E-state index in [1.807, 2.05) is 0 Å². The SMILES string of the molecule is CC1C(N)CCCC1C(=O)N1CC2CCC1C2. The van der Waals surface area contributed by atoms with Crippen molar-refractivity contribution in [2.45, 2.75) is 57.5 Å². The number of amides is 1. The van der Waals surface area contributed by atoms with Crippen LogP contribution in [0, 0.1) is 17.8 Å². The van der Waals surface area contributed by atoms with Gasteiger partial charge in [0.25, 0.3) is 0 Å². The molecule has 0 radical (unpaired) electrons. The van der Waals surface area contributed by atoms with Gasteiger partial charge in [-0.1, -0.05) is 13.3 Å². The number of nitrogens with zero attached hydrogens (tertiary/aromatic N) is 1. The van der Waals surface area contributed by atoms with E-state index >= 15 is 0 Å². The summed E-state index contributed by atoms with van der Waals surface area (Å²) >= 11 is 0. The van der Waals surface area contributed by atoms with Gasteiger partial charge in [0.15, 0.2) is 0 Å². The maximum Gasteiger partial charge on any atom is 0.226 e. The van der Waals surface area contributed by atoms with E-state index < -0.39 is 0 Å². The Balaban J connectivity index is 1.69.